The summed E-state index contributed by atoms with van der Waals surface area (Å²) in [4.78, 5) is 4.70. The Hall–Kier alpha value is -2.01. The van der Waals surface area contributed by atoms with Crippen molar-refractivity contribution in [2.24, 2.45) is 0 Å². The molecule has 0 atom stereocenters. The molecule has 1 aliphatic heterocycles. The van der Waals surface area contributed by atoms with Gasteiger partial charge >= 0.3 is 0 Å². The molecule has 3 rings (SSSR count). The van der Waals surface area contributed by atoms with Crippen molar-refractivity contribution in [2.45, 2.75) is 46.5 Å². The molecule has 0 spiro atoms. The second-order valence-electron chi connectivity index (χ2n) is 5.55. The van der Waals surface area contributed by atoms with Crippen molar-refractivity contribution in [3.8, 4) is 5.75 Å². The normalized spacial score (nSPS) is 13.8. The Bertz CT molecular complexity index is 668. The zero-order valence-electron chi connectivity index (χ0n) is 17.4. The van der Waals surface area contributed by atoms with E-state index in [1.807, 2.05) is 41.8 Å². The molecule has 26 heavy (non-hydrogen) atoms. The Labute approximate surface area is 158 Å². The number of methoxy groups -OCH3 is 1. The third-order valence-corrected chi connectivity index (χ3v) is 4.35. The predicted octanol–water partition coefficient (Wildman–Crippen LogP) is 5.27. The Kier molecular flexibility index (Phi) is 9.81. The molecule has 0 bridgehead atoms. The number of fused-ring (bicyclic) bond motifs is 1. The van der Waals surface area contributed by atoms with Gasteiger partial charge in [0.2, 0.25) is 0 Å². The van der Waals surface area contributed by atoms with Crippen LogP contribution >= 0.6 is 0 Å². The van der Waals surface area contributed by atoms with Gasteiger partial charge in [-0.1, -0.05) is 27.7 Å². The van der Waals surface area contributed by atoms with Crippen molar-refractivity contribution < 1.29 is 9.47 Å². The molecule has 2 aromatic rings. The lowest BCUT2D eigenvalue weighted by molar-refractivity contribution is 0.0856. The van der Waals surface area contributed by atoms with Gasteiger partial charge in [-0.3, -0.25) is 0 Å². The first-order valence-corrected chi connectivity index (χ1v) is 9.72. The van der Waals surface area contributed by atoms with Gasteiger partial charge in [-0.25, -0.2) is 4.98 Å². The maximum Gasteiger partial charge on any atom is 0.142 e. The second-order valence-corrected chi connectivity index (χ2v) is 5.55. The molecule has 0 radical (unpaired) electrons. The van der Waals surface area contributed by atoms with Crippen LogP contribution in [0.25, 0.3) is 10.9 Å². The minimum Gasteiger partial charge on any atom is -0.495 e. The fourth-order valence-corrected chi connectivity index (χ4v) is 3.12. The molecule has 0 unspecified atom stereocenters. The van der Waals surface area contributed by atoms with Gasteiger partial charge in [0, 0.05) is 32.7 Å². The van der Waals surface area contributed by atoms with E-state index in [1.54, 1.807) is 7.11 Å². The first-order valence-electron chi connectivity index (χ1n) is 9.72. The SMILES string of the molecule is CC.CC.CNc1cc(C2CCOCC2)c2cc(OC)c(NC)cc2n1. The first kappa shape index (κ1) is 22.0. The van der Waals surface area contributed by atoms with E-state index < -0.39 is 0 Å². The number of pyridine rings is 1. The lowest BCUT2D eigenvalue weighted by atomic mass is 9.89. The van der Waals surface area contributed by atoms with Crippen LogP contribution in [-0.4, -0.2) is 39.4 Å². The number of aromatic nitrogens is 1. The van der Waals surface area contributed by atoms with Crippen molar-refractivity contribution in [3.05, 3.63) is 23.8 Å². The molecule has 0 saturated carbocycles. The number of nitrogens with one attached hydrogen (secondary N) is 2. The third kappa shape index (κ3) is 5.01. The number of hydrogen-bond acceptors (Lipinski definition) is 5. The number of nitrogens with zero attached hydrogens (tertiary/aromatic N) is 1. The summed E-state index contributed by atoms with van der Waals surface area (Å²) in [5.41, 5.74) is 3.27. The van der Waals surface area contributed by atoms with Crippen molar-refractivity contribution >= 4 is 22.4 Å². The Morgan fingerprint density at radius 3 is 2.19 bits per heavy atom. The van der Waals surface area contributed by atoms with Crippen LogP contribution in [0.1, 0.15) is 52.0 Å². The van der Waals surface area contributed by atoms with E-state index in [1.165, 1.54) is 10.9 Å². The van der Waals surface area contributed by atoms with Gasteiger partial charge in [-0.15, -0.1) is 0 Å². The number of ether oxygens (including phenoxy) is 2. The van der Waals surface area contributed by atoms with Gasteiger partial charge in [-0.05, 0) is 42.5 Å². The predicted molar refractivity (Wildman–Crippen MR) is 113 cm³/mol. The highest BCUT2D eigenvalue weighted by Crippen LogP contribution is 2.37. The summed E-state index contributed by atoms with van der Waals surface area (Å²) in [5, 5.41) is 7.51. The minimum atomic E-state index is 0.511. The van der Waals surface area contributed by atoms with Crippen LogP contribution in [0, 0.1) is 0 Å². The summed E-state index contributed by atoms with van der Waals surface area (Å²) in [6, 6.07) is 6.31. The number of rotatable bonds is 4. The van der Waals surface area contributed by atoms with Crippen LogP contribution in [0.2, 0.25) is 0 Å². The average Bonchev–Trinajstić information content (AvgIpc) is 2.75. The quantitative estimate of drug-likeness (QED) is 0.776. The third-order valence-electron chi connectivity index (χ3n) is 4.35. The molecule has 0 aliphatic carbocycles. The molecule has 5 heteroatoms. The van der Waals surface area contributed by atoms with Crippen molar-refractivity contribution in [1.29, 1.82) is 0 Å². The van der Waals surface area contributed by atoms with Crippen LogP contribution in [0.3, 0.4) is 0 Å². The summed E-state index contributed by atoms with van der Waals surface area (Å²) >= 11 is 0. The van der Waals surface area contributed by atoms with Crippen LogP contribution in [0.15, 0.2) is 18.2 Å². The highest BCUT2D eigenvalue weighted by Gasteiger charge is 2.20. The fraction of sp³-hybridized carbons (Fsp3) is 0.571. The van der Waals surface area contributed by atoms with Crippen molar-refractivity contribution in [1.82, 2.24) is 4.98 Å². The summed E-state index contributed by atoms with van der Waals surface area (Å²) in [7, 11) is 5.50. The van der Waals surface area contributed by atoms with Crippen molar-refractivity contribution in [3.63, 3.8) is 0 Å². The minimum absolute atomic E-state index is 0.511. The Balaban J connectivity index is 0.000000791. The highest BCUT2D eigenvalue weighted by atomic mass is 16.5. The Morgan fingerprint density at radius 2 is 1.65 bits per heavy atom. The maximum absolute atomic E-state index is 5.51. The van der Waals surface area contributed by atoms with E-state index in [9.17, 15) is 0 Å². The van der Waals surface area contributed by atoms with E-state index in [4.69, 9.17) is 14.5 Å². The molecule has 1 aliphatic rings. The first-order chi connectivity index (χ1) is 12.8. The van der Waals surface area contributed by atoms with Gasteiger partial charge in [0.25, 0.3) is 0 Å². The summed E-state index contributed by atoms with van der Waals surface area (Å²) in [5.74, 6) is 2.26. The maximum atomic E-state index is 5.51. The van der Waals surface area contributed by atoms with Crippen LogP contribution in [-0.2, 0) is 4.74 Å². The molecule has 146 valence electrons. The van der Waals surface area contributed by atoms with Crippen LogP contribution in [0.5, 0.6) is 5.75 Å². The zero-order chi connectivity index (χ0) is 19.5. The van der Waals surface area contributed by atoms with Gasteiger partial charge in [0.15, 0.2) is 0 Å². The van der Waals surface area contributed by atoms with Gasteiger partial charge < -0.3 is 20.1 Å². The topological polar surface area (TPSA) is 55.4 Å². The molecule has 2 N–H and O–H groups in total. The summed E-state index contributed by atoms with van der Waals surface area (Å²) < 4.78 is 11.0. The summed E-state index contributed by atoms with van der Waals surface area (Å²) in [6.45, 7) is 9.66. The van der Waals surface area contributed by atoms with Crippen molar-refractivity contribution in [2.75, 3.05) is 45.1 Å². The second kappa shape index (κ2) is 11.6. The van der Waals surface area contributed by atoms with E-state index in [2.05, 4.69) is 28.8 Å². The van der Waals surface area contributed by atoms with Crippen LogP contribution < -0.4 is 15.4 Å². The summed E-state index contributed by atoms with van der Waals surface area (Å²) in [6.07, 6.45) is 2.11. The number of benzene rings is 1. The molecule has 2 heterocycles. The van der Waals surface area contributed by atoms with E-state index in [-0.39, 0.29) is 0 Å². The molecular formula is C21H35N3O2. The zero-order valence-corrected chi connectivity index (χ0v) is 17.4. The largest absolute Gasteiger partial charge is 0.495 e. The smallest absolute Gasteiger partial charge is 0.142 e. The van der Waals surface area contributed by atoms with Crippen LogP contribution in [0.4, 0.5) is 11.5 Å². The number of anilines is 2. The van der Waals surface area contributed by atoms with E-state index in [0.29, 0.717) is 5.92 Å². The highest BCUT2D eigenvalue weighted by molar-refractivity contribution is 5.90. The monoisotopic (exact) mass is 361 g/mol. The Morgan fingerprint density at radius 1 is 1.00 bits per heavy atom. The molecule has 1 aromatic carbocycles. The number of hydrogen-bond donors (Lipinski definition) is 2. The van der Waals surface area contributed by atoms with Gasteiger partial charge in [0.05, 0.1) is 18.3 Å². The lowest BCUT2D eigenvalue weighted by Crippen LogP contribution is -2.15. The molecule has 0 amide bonds. The molecule has 1 saturated heterocycles. The van der Waals surface area contributed by atoms with E-state index >= 15 is 0 Å². The van der Waals surface area contributed by atoms with Gasteiger partial charge in [0.1, 0.15) is 11.6 Å². The standard InChI is InChI=1S/C17H23N3O2.2C2H6/c1-18-15-10-14-13(8-16(15)21-3)12(9-17(19-2)20-14)11-4-6-22-7-5-11;2*1-2/h8-11,18H,4-7H2,1-3H3,(H,19,20);2*1-2H3. The molecule has 5 nitrogen and oxygen atoms in total. The molecule has 1 aromatic heterocycles. The lowest BCUT2D eigenvalue weighted by Gasteiger charge is -2.24. The van der Waals surface area contributed by atoms with Gasteiger partial charge in [-0.2, -0.15) is 0 Å². The van der Waals surface area contributed by atoms with E-state index in [0.717, 1.165) is 48.8 Å². The molecule has 1 fully saturated rings. The fourth-order valence-electron chi connectivity index (χ4n) is 3.12. The molecular weight excluding hydrogens is 326 g/mol. The average molecular weight is 362 g/mol.